The van der Waals surface area contributed by atoms with Gasteiger partial charge in [0, 0.05) is 12.1 Å². The summed E-state index contributed by atoms with van der Waals surface area (Å²) in [5, 5.41) is 3.37. The van der Waals surface area contributed by atoms with Crippen LogP contribution in [-0.4, -0.2) is 13.2 Å². The van der Waals surface area contributed by atoms with Gasteiger partial charge in [-0.3, -0.25) is 0 Å². The molecule has 0 fully saturated rings. The Hall–Kier alpha value is -0.510. The van der Waals surface area contributed by atoms with Crippen LogP contribution in [-0.2, 0) is 6.54 Å². The predicted octanol–water partition coefficient (Wildman–Crippen LogP) is 4.47. The lowest BCUT2D eigenvalue weighted by Crippen LogP contribution is -2.13. The van der Waals surface area contributed by atoms with Crippen LogP contribution in [0.4, 0.5) is 0 Å². The summed E-state index contributed by atoms with van der Waals surface area (Å²) in [6.45, 7) is 6.52. The molecule has 0 saturated carbocycles. The Labute approximate surface area is 122 Å². The number of hydrogen-bond donors (Lipinski definition) is 1. The smallest absolute Gasteiger partial charge is 0.133 e. The lowest BCUT2D eigenvalue weighted by atomic mass is 10.2. The molecular formula is C14H19BrClNO. The summed E-state index contributed by atoms with van der Waals surface area (Å²) in [5.41, 5.74) is 3.78. The standard InChI is InChI=1S/C14H19BrClNO/c1-3-6-17-9-12-4-5-14(13(15)7-12)18-10-11(2)8-16/h4-5,7-8,17H,3,6,9-10H2,1-2H3/b11-8+. The van der Waals surface area contributed by atoms with E-state index < -0.39 is 0 Å². The highest BCUT2D eigenvalue weighted by Gasteiger charge is 2.03. The van der Waals surface area contributed by atoms with E-state index in [1.165, 1.54) is 11.1 Å². The summed E-state index contributed by atoms with van der Waals surface area (Å²) >= 11 is 9.12. The van der Waals surface area contributed by atoms with E-state index in [0.29, 0.717) is 6.61 Å². The zero-order chi connectivity index (χ0) is 13.4. The van der Waals surface area contributed by atoms with Gasteiger partial charge >= 0.3 is 0 Å². The highest BCUT2D eigenvalue weighted by Crippen LogP contribution is 2.26. The van der Waals surface area contributed by atoms with E-state index in [-0.39, 0.29) is 0 Å². The molecule has 1 rings (SSSR count). The molecule has 1 aromatic rings. The Balaban J connectivity index is 2.56. The van der Waals surface area contributed by atoms with Gasteiger partial charge in [0.05, 0.1) is 4.47 Å². The number of nitrogens with one attached hydrogen (secondary N) is 1. The molecule has 4 heteroatoms. The monoisotopic (exact) mass is 331 g/mol. The number of hydrogen-bond acceptors (Lipinski definition) is 2. The lowest BCUT2D eigenvalue weighted by Gasteiger charge is -2.10. The molecule has 1 N–H and O–H groups in total. The van der Waals surface area contributed by atoms with Crippen molar-refractivity contribution in [2.75, 3.05) is 13.2 Å². The third-order valence-electron chi connectivity index (χ3n) is 2.39. The minimum atomic E-state index is 0.509. The van der Waals surface area contributed by atoms with Gasteiger partial charge in [-0.1, -0.05) is 24.6 Å². The summed E-state index contributed by atoms with van der Waals surface area (Å²) in [4.78, 5) is 0. The van der Waals surface area contributed by atoms with Crippen LogP contribution < -0.4 is 10.1 Å². The van der Waals surface area contributed by atoms with Crippen LogP contribution in [0, 0.1) is 0 Å². The Bertz CT molecular complexity index is 407. The van der Waals surface area contributed by atoms with Crippen LogP contribution in [0.2, 0.25) is 0 Å². The molecule has 0 aromatic heterocycles. The third-order valence-corrected chi connectivity index (χ3v) is 3.39. The fourth-order valence-corrected chi connectivity index (χ4v) is 2.01. The van der Waals surface area contributed by atoms with E-state index in [1.54, 1.807) is 0 Å². The largest absolute Gasteiger partial charge is 0.488 e. The molecular weight excluding hydrogens is 314 g/mol. The maximum Gasteiger partial charge on any atom is 0.133 e. The first-order valence-electron chi connectivity index (χ1n) is 6.05. The van der Waals surface area contributed by atoms with E-state index >= 15 is 0 Å². The third kappa shape index (κ3) is 5.42. The van der Waals surface area contributed by atoms with E-state index in [0.717, 1.165) is 35.3 Å². The zero-order valence-corrected chi connectivity index (χ0v) is 13.1. The van der Waals surface area contributed by atoms with Crippen molar-refractivity contribution in [3.63, 3.8) is 0 Å². The van der Waals surface area contributed by atoms with Crippen LogP contribution in [0.3, 0.4) is 0 Å². The van der Waals surface area contributed by atoms with Crippen LogP contribution in [0.5, 0.6) is 5.75 Å². The van der Waals surface area contributed by atoms with Crippen molar-refractivity contribution >= 4 is 27.5 Å². The fraction of sp³-hybridized carbons (Fsp3) is 0.429. The SMILES string of the molecule is CCCNCc1ccc(OC/C(C)=C/Cl)c(Br)c1. The van der Waals surface area contributed by atoms with Gasteiger partial charge in [-0.25, -0.2) is 0 Å². The van der Waals surface area contributed by atoms with Gasteiger partial charge in [0.1, 0.15) is 12.4 Å². The second kappa shape index (κ2) is 8.57. The molecule has 18 heavy (non-hydrogen) atoms. The van der Waals surface area contributed by atoms with E-state index in [1.807, 2.05) is 13.0 Å². The second-order valence-electron chi connectivity index (χ2n) is 4.19. The summed E-state index contributed by atoms with van der Waals surface area (Å²) in [6.07, 6.45) is 1.15. The van der Waals surface area contributed by atoms with Gasteiger partial charge in [-0.05, 0) is 59.1 Å². The van der Waals surface area contributed by atoms with Crippen molar-refractivity contribution in [1.29, 1.82) is 0 Å². The summed E-state index contributed by atoms with van der Waals surface area (Å²) in [6, 6.07) is 6.13. The average molecular weight is 333 g/mol. The predicted molar refractivity (Wildman–Crippen MR) is 81.2 cm³/mol. The van der Waals surface area contributed by atoms with E-state index in [9.17, 15) is 0 Å². The number of ether oxygens (including phenoxy) is 1. The van der Waals surface area contributed by atoms with Crippen molar-refractivity contribution in [3.05, 3.63) is 39.3 Å². The highest BCUT2D eigenvalue weighted by molar-refractivity contribution is 9.10. The molecule has 0 atom stereocenters. The van der Waals surface area contributed by atoms with Crippen LogP contribution in [0.15, 0.2) is 33.8 Å². The average Bonchev–Trinajstić information content (AvgIpc) is 2.37. The Morgan fingerprint density at radius 2 is 2.28 bits per heavy atom. The molecule has 0 spiro atoms. The topological polar surface area (TPSA) is 21.3 Å². The molecule has 0 aliphatic rings. The summed E-state index contributed by atoms with van der Waals surface area (Å²) < 4.78 is 6.62. The molecule has 0 radical (unpaired) electrons. The van der Waals surface area contributed by atoms with Gasteiger partial charge in [0.2, 0.25) is 0 Å². The maximum absolute atomic E-state index is 5.65. The van der Waals surface area contributed by atoms with E-state index in [4.69, 9.17) is 16.3 Å². The Kier molecular flexibility index (Phi) is 7.40. The van der Waals surface area contributed by atoms with Gasteiger partial charge in [-0.15, -0.1) is 0 Å². The van der Waals surface area contributed by atoms with Gasteiger partial charge in [0.25, 0.3) is 0 Å². The highest BCUT2D eigenvalue weighted by atomic mass is 79.9. The molecule has 0 bridgehead atoms. The Morgan fingerprint density at radius 1 is 1.50 bits per heavy atom. The number of benzene rings is 1. The molecule has 0 aliphatic carbocycles. The normalized spacial score (nSPS) is 11.7. The quantitative estimate of drug-likeness (QED) is 0.744. The zero-order valence-electron chi connectivity index (χ0n) is 10.8. The fourth-order valence-electron chi connectivity index (χ4n) is 1.40. The van der Waals surface area contributed by atoms with Gasteiger partial charge in [-0.2, -0.15) is 0 Å². The minimum absolute atomic E-state index is 0.509. The first-order valence-corrected chi connectivity index (χ1v) is 7.28. The molecule has 1 aromatic carbocycles. The molecule has 0 aliphatic heterocycles. The first kappa shape index (κ1) is 15.5. The van der Waals surface area contributed by atoms with Gasteiger partial charge in [0.15, 0.2) is 0 Å². The molecule has 2 nitrogen and oxygen atoms in total. The van der Waals surface area contributed by atoms with Crippen molar-refractivity contribution in [1.82, 2.24) is 5.32 Å². The van der Waals surface area contributed by atoms with Crippen LogP contribution >= 0.6 is 27.5 Å². The lowest BCUT2D eigenvalue weighted by molar-refractivity contribution is 0.350. The van der Waals surface area contributed by atoms with Crippen LogP contribution in [0.1, 0.15) is 25.8 Å². The molecule has 0 heterocycles. The van der Waals surface area contributed by atoms with Crippen LogP contribution in [0.25, 0.3) is 0 Å². The molecule has 0 unspecified atom stereocenters. The molecule has 0 amide bonds. The number of rotatable bonds is 7. The maximum atomic E-state index is 5.65. The summed E-state index contributed by atoms with van der Waals surface area (Å²) in [5.74, 6) is 0.840. The van der Waals surface area contributed by atoms with Crippen molar-refractivity contribution in [2.45, 2.75) is 26.8 Å². The first-order chi connectivity index (χ1) is 8.67. The van der Waals surface area contributed by atoms with Crippen molar-refractivity contribution in [2.24, 2.45) is 0 Å². The Morgan fingerprint density at radius 3 is 2.89 bits per heavy atom. The second-order valence-corrected chi connectivity index (χ2v) is 5.26. The van der Waals surface area contributed by atoms with Crippen molar-refractivity contribution in [3.8, 4) is 5.75 Å². The molecule has 0 saturated heterocycles. The van der Waals surface area contributed by atoms with Crippen molar-refractivity contribution < 1.29 is 4.74 Å². The molecule has 100 valence electrons. The van der Waals surface area contributed by atoms with Gasteiger partial charge < -0.3 is 10.1 Å². The summed E-state index contributed by atoms with van der Waals surface area (Å²) in [7, 11) is 0. The minimum Gasteiger partial charge on any atom is -0.488 e. The number of halogens is 2. The van der Waals surface area contributed by atoms with E-state index in [2.05, 4.69) is 40.3 Å².